The molecular weight excluding hydrogens is 680 g/mol. The number of benzene rings is 4. The first-order valence-electron chi connectivity index (χ1n) is 16.0. The van der Waals surface area contributed by atoms with Gasteiger partial charge in [0.2, 0.25) is 11.8 Å². The number of halogens is 1. The first-order valence-corrected chi connectivity index (χ1v) is 17.8. The average molecular weight is 721 g/mol. The zero-order valence-corrected chi connectivity index (χ0v) is 30.2. The highest BCUT2D eigenvalue weighted by molar-refractivity contribution is 7.92. The number of hydrogen-bond acceptors (Lipinski definition) is 7. The molecular formula is C37H41ClN4O7S. The number of nitrogens with zero attached hydrogens (tertiary/aromatic N) is 3. The number of hydrogen-bond donors (Lipinski definition) is 1. The molecule has 0 radical (unpaired) electrons. The molecule has 4 aromatic rings. The molecule has 4 rings (SSSR count). The number of aryl methyl sites for hydroxylation is 2. The molecule has 0 heterocycles. The normalized spacial score (nSPS) is 11.9. The van der Waals surface area contributed by atoms with Crippen LogP contribution in [0.25, 0.3) is 0 Å². The van der Waals surface area contributed by atoms with E-state index in [2.05, 4.69) is 5.32 Å². The molecule has 0 aliphatic carbocycles. The molecule has 13 heteroatoms. The van der Waals surface area contributed by atoms with Crippen molar-refractivity contribution >= 4 is 44.8 Å². The minimum atomic E-state index is -4.67. The van der Waals surface area contributed by atoms with E-state index in [-0.39, 0.29) is 40.9 Å². The third-order valence-corrected chi connectivity index (χ3v) is 10.2. The topological polar surface area (TPSA) is 139 Å². The molecule has 0 aromatic heterocycles. The van der Waals surface area contributed by atoms with Gasteiger partial charge in [0, 0.05) is 36.2 Å². The highest BCUT2D eigenvalue weighted by Gasteiger charge is 2.36. The van der Waals surface area contributed by atoms with E-state index in [1.54, 1.807) is 0 Å². The summed E-state index contributed by atoms with van der Waals surface area (Å²) in [5.74, 6) is -0.867. The van der Waals surface area contributed by atoms with Crippen LogP contribution >= 0.6 is 11.6 Å². The van der Waals surface area contributed by atoms with Crippen molar-refractivity contribution < 1.29 is 27.7 Å². The molecule has 1 atom stereocenters. The molecule has 1 unspecified atom stereocenters. The zero-order valence-electron chi connectivity index (χ0n) is 28.6. The van der Waals surface area contributed by atoms with Crippen LogP contribution in [0.3, 0.4) is 0 Å². The van der Waals surface area contributed by atoms with Crippen LogP contribution in [-0.2, 0) is 32.6 Å². The second-order valence-corrected chi connectivity index (χ2v) is 14.6. The van der Waals surface area contributed by atoms with Crippen LogP contribution in [0.15, 0.2) is 95.9 Å². The van der Waals surface area contributed by atoms with Crippen LogP contribution < -0.4 is 14.4 Å². The van der Waals surface area contributed by atoms with Gasteiger partial charge in [-0.15, -0.1) is 0 Å². The predicted octanol–water partition coefficient (Wildman–Crippen LogP) is 6.48. The number of ether oxygens (including phenoxy) is 1. The number of sulfonamides is 1. The number of rotatable bonds is 15. The number of nitro groups is 1. The largest absolute Gasteiger partial charge is 0.495 e. The fourth-order valence-corrected chi connectivity index (χ4v) is 7.00. The minimum Gasteiger partial charge on any atom is -0.495 e. The summed E-state index contributed by atoms with van der Waals surface area (Å²) >= 11 is 6.35. The monoisotopic (exact) mass is 720 g/mol. The standard InChI is InChI=1S/C37H41ClN4O7S/c1-25(2)22-39-37(44)34(19-28-12-7-6-8-13-28)40(23-29-14-10-9-11-26(29)3)36(43)24-41(33-20-30(38)16-18-35(33)49-5)50(47,48)31-17-15-27(4)32(21-31)42(45)46/h6-18,20-21,25,34H,19,22-24H2,1-5H3,(H,39,44). The Hall–Kier alpha value is -4.94. The van der Waals surface area contributed by atoms with Crippen molar-refractivity contribution in [1.29, 1.82) is 0 Å². The fraction of sp³-hybridized carbons (Fsp3) is 0.297. The van der Waals surface area contributed by atoms with E-state index >= 15 is 0 Å². The van der Waals surface area contributed by atoms with Gasteiger partial charge < -0.3 is 15.0 Å². The van der Waals surface area contributed by atoms with Gasteiger partial charge in [-0.3, -0.25) is 24.0 Å². The molecule has 50 heavy (non-hydrogen) atoms. The van der Waals surface area contributed by atoms with Crippen LogP contribution in [0, 0.1) is 29.9 Å². The molecule has 0 aliphatic rings. The molecule has 11 nitrogen and oxygen atoms in total. The molecule has 0 saturated carbocycles. The Bertz CT molecular complexity index is 1950. The molecule has 0 bridgehead atoms. The minimum absolute atomic E-state index is 0.00528. The van der Waals surface area contributed by atoms with E-state index in [4.69, 9.17) is 16.3 Å². The van der Waals surface area contributed by atoms with Gasteiger partial charge in [-0.25, -0.2) is 8.42 Å². The molecule has 0 aliphatic heterocycles. The summed E-state index contributed by atoms with van der Waals surface area (Å²) in [7, 11) is -3.33. The zero-order chi connectivity index (χ0) is 36.6. The predicted molar refractivity (Wildman–Crippen MR) is 194 cm³/mol. The number of nitrogens with one attached hydrogen (secondary N) is 1. The Labute approximate surface area is 298 Å². The Kier molecular flexibility index (Phi) is 12.6. The molecule has 1 N–H and O–H groups in total. The van der Waals surface area contributed by atoms with Crippen molar-refractivity contribution in [2.45, 2.75) is 51.6 Å². The van der Waals surface area contributed by atoms with E-state index < -0.39 is 49.9 Å². The van der Waals surface area contributed by atoms with Crippen molar-refractivity contribution in [2.24, 2.45) is 5.92 Å². The Morgan fingerprint density at radius 2 is 1.62 bits per heavy atom. The lowest BCUT2D eigenvalue weighted by molar-refractivity contribution is -0.385. The lowest BCUT2D eigenvalue weighted by atomic mass is 10.0. The Morgan fingerprint density at radius 1 is 0.940 bits per heavy atom. The van der Waals surface area contributed by atoms with E-state index in [9.17, 15) is 28.1 Å². The maximum atomic E-state index is 14.8. The third kappa shape index (κ3) is 9.19. The first-order chi connectivity index (χ1) is 23.7. The Balaban J connectivity index is 1.90. The summed E-state index contributed by atoms with van der Waals surface area (Å²) in [6.07, 6.45) is 0.153. The summed E-state index contributed by atoms with van der Waals surface area (Å²) in [4.78, 5) is 40.9. The molecule has 2 amide bonds. The van der Waals surface area contributed by atoms with Gasteiger partial charge in [-0.2, -0.15) is 0 Å². The van der Waals surface area contributed by atoms with Gasteiger partial charge >= 0.3 is 0 Å². The van der Waals surface area contributed by atoms with Crippen molar-refractivity contribution in [3.8, 4) is 5.75 Å². The van der Waals surface area contributed by atoms with E-state index in [1.807, 2.05) is 75.4 Å². The number of nitro benzene ring substituents is 1. The van der Waals surface area contributed by atoms with E-state index in [0.717, 1.165) is 27.1 Å². The van der Waals surface area contributed by atoms with Gasteiger partial charge in [0.25, 0.3) is 15.7 Å². The SMILES string of the molecule is COc1ccc(Cl)cc1N(CC(=O)N(Cc1ccccc1C)C(Cc1ccccc1)C(=O)NCC(C)C)S(=O)(=O)c1ccc(C)c([N+](=O)[O-])c1. The highest BCUT2D eigenvalue weighted by Crippen LogP contribution is 2.36. The van der Waals surface area contributed by atoms with Crippen molar-refractivity contribution in [3.05, 3.63) is 128 Å². The number of carbonyl (C=O) groups is 2. The number of anilines is 1. The summed E-state index contributed by atoms with van der Waals surface area (Å²) in [6.45, 7) is 6.88. The number of carbonyl (C=O) groups excluding carboxylic acids is 2. The summed E-state index contributed by atoms with van der Waals surface area (Å²) in [6, 6.07) is 23.5. The summed E-state index contributed by atoms with van der Waals surface area (Å²) < 4.78 is 35.3. The van der Waals surface area contributed by atoms with Crippen LogP contribution in [-0.4, -0.2) is 56.3 Å². The third-order valence-electron chi connectivity index (χ3n) is 8.21. The maximum Gasteiger partial charge on any atom is 0.273 e. The summed E-state index contributed by atoms with van der Waals surface area (Å²) in [5.41, 5.74) is 2.24. The number of methoxy groups -OCH3 is 1. The maximum absolute atomic E-state index is 14.8. The smallest absolute Gasteiger partial charge is 0.273 e. The quantitative estimate of drug-likeness (QED) is 0.110. The van der Waals surface area contributed by atoms with Crippen molar-refractivity contribution in [3.63, 3.8) is 0 Å². The fourth-order valence-electron chi connectivity index (χ4n) is 5.39. The van der Waals surface area contributed by atoms with E-state index in [1.165, 1.54) is 49.3 Å². The average Bonchev–Trinajstić information content (AvgIpc) is 3.08. The van der Waals surface area contributed by atoms with Gasteiger partial charge in [-0.05, 0) is 60.7 Å². The Morgan fingerprint density at radius 3 is 2.26 bits per heavy atom. The molecule has 0 saturated heterocycles. The highest BCUT2D eigenvalue weighted by atomic mass is 35.5. The van der Waals surface area contributed by atoms with Gasteiger partial charge in [0.05, 0.1) is 22.6 Å². The van der Waals surface area contributed by atoms with Crippen molar-refractivity contribution in [2.75, 3.05) is 24.5 Å². The molecule has 0 fully saturated rings. The van der Waals surface area contributed by atoms with E-state index in [0.29, 0.717) is 6.54 Å². The van der Waals surface area contributed by atoms with Gasteiger partial charge in [-0.1, -0.05) is 86.1 Å². The van der Waals surface area contributed by atoms with Crippen LogP contribution in [0.4, 0.5) is 11.4 Å². The molecule has 4 aromatic carbocycles. The van der Waals surface area contributed by atoms with Crippen LogP contribution in [0.2, 0.25) is 5.02 Å². The van der Waals surface area contributed by atoms with Crippen LogP contribution in [0.5, 0.6) is 5.75 Å². The van der Waals surface area contributed by atoms with Gasteiger partial charge in [0.1, 0.15) is 18.3 Å². The molecule has 0 spiro atoms. The van der Waals surface area contributed by atoms with Crippen molar-refractivity contribution in [1.82, 2.24) is 10.2 Å². The van der Waals surface area contributed by atoms with Gasteiger partial charge in [0.15, 0.2) is 0 Å². The second-order valence-electron chi connectivity index (χ2n) is 12.3. The lowest BCUT2D eigenvalue weighted by Gasteiger charge is -2.34. The second kappa shape index (κ2) is 16.6. The lowest BCUT2D eigenvalue weighted by Crippen LogP contribution is -2.53. The molecule has 264 valence electrons. The number of amides is 2. The van der Waals surface area contributed by atoms with Crippen LogP contribution in [0.1, 0.15) is 36.1 Å². The first kappa shape index (κ1) is 37.9. The summed E-state index contributed by atoms with van der Waals surface area (Å²) in [5, 5.41) is 14.9.